The normalized spacial score (nSPS) is 14.5. The quantitative estimate of drug-likeness (QED) is 0.685. The van der Waals surface area contributed by atoms with E-state index >= 15 is 0 Å². The van der Waals surface area contributed by atoms with Gasteiger partial charge in [0, 0.05) is 10.9 Å². The SMILES string of the molecule is CCC(C)(CCCC(C)C)c1ccc2ccccc2c1O. The van der Waals surface area contributed by atoms with E-state index in [-0.39, 0.29) is 5.41 Å². The summed E-state index contributed by atoms with van der Waals surface area (Å²) < 4.78 is 0. The molecule has 0 aliphatic rings. The van der Waals surface area contributed by atoms with E-state index in [2.05, 4.69) is 45.9 Å². The van der Waals surface area contributed by atoms with Gasteiger partial charge in [-0.2, -0.15) is 0 Å². The van der Waals surface area contributed by atoms with Gasteiger partial charge in [-0.05, 0) is 29.6 Å². The molecule has 1 N–H and O–H groups in total. The smallest absolute Gasteiger partial charge is 0.127 e. The minimum Gasteiger partial charge on any atom is -0.507 e. The Kier molecular flexibility index (Phi) is 4.92. The molecule has 1 heteroatoms. The zero-order valence-corrected chi connectivity index (χ0v) is 13.8. The second kappa shape index (κ2) is 6.51. The first-order valence-electron chi connectivity index (χ1n) is 8.19. The summed E-state index contributed by atoms with van der Waals surface area (Å²) in [5, 5.41) is 12.8. The fraction of sp³-hybridized carbons (Fsp3) is 0.500. The third kappa shape index (κ3) is 3.40. The number of rotatable bonds is 6. The van der Waals surface area contributed by atoms with Gasteiger partial charge in [0.05, 0.1) is 0 Å². The van der Waals surface area contributed by atoms with Crippen molar-refractivity contribution >= 4 is 10.8 Å². The van der Waals surface area contributed by atoms with E-state index in [4.69, 9.17) is 0 Å². The highest BCUT2D eigenvalue weighted by Gasteiger charge is 2.27. The van der Waals surface area contributed by atoms with Gasteiger partial charge in [0.25, 0.3) is 0 Å². The summed E-state index contributed by atoms with van der Waals surface area (Å²) in [5.74, 6) is 1.22. The Morgan fingerprint density at radius 3 is 2.48 bits per heavy atom. The maximum atomic E-state index is 10.7. The average molecular weight is 284 g/mol. The molecule has 2 aromatic carbocycles. The van der Waals surface area contributed by atoms with Crippen LogP contribution in [-0.4, -0.2) is 5.11 Å². The Bertz CT molecular complexity index is 600. The molecule has 2 aromatic rings. The van der Waals surface area contributed by atoms with Gasteiger partial charge >= 0.3 is 0 Å². The Morgan fingerprint density at radius 2 is 1.81 bits per heavy atom. The summed E-state index contributed by atoms with van der Waals surface area (Å²) in [6.07, 6.45) is 4.66. The van der Waals surface area contributed by atoms with Crippen molar-refractivity contribution in [3.63, 3.8) is 0 Å². The van der Waals surface area contributed by atoms with Crippen LogP contribution in [0.1, 0.15) is 58.9 Å². The van der Waals surface area contributed by atoms with Crippen LogP contribution in [0, 0.1) is 5.92 Å². The second-order valence-electron chi connectivity index (χ2n) is 6.88. The molecule has 114 valence electrons. The first-order chi connectivity index (χ1) is 9.98. The summed E-state index contributed by atoms with van der Waals surface area (Å²) in [5.41, 5.74) is 1.16. The molecule has 1 nitrogen and oxygen atoms in total. The average Bonchev–Trinajstić information content (AvgIpc) is 2.47. The van der Waals surface area contributed by atoms with Crippen molar-refractivity contribution in [3.8, 4) is 5.75 Å². The second-order valence-corrected chi connectivity index (χ2v) is 6.88. The Morgan fingerprint density at radius 1 is 1.10 bits per heavy atom. The topological polar surface area (TPSA) is 20.2 Å². The standard InChI is InChI=1S/C20H28O/c1-5-20(4,14-8-9-15(2)3)18-13-12-16-10-6-7-11-17(16)19(18)21/h6-7,10-13,15,21H,5,8-9,14H2,1-4H3. The predicted molar refractivity (Wildman–Crippen MR) is 91.9 cm³/mol. The summed E-state index contributed by atoms with van der Waals surface area (Å²) in [6, 6.07) is 12.3. The molecule has 0 amide bonds. The van der Waals surface area contributed by atoms with Gasteiger partial charge in [0.1, 0.15) is 5.75 Å². The fourth-order valence-electron chi connectivity index (χ4n) is 3.14. The van der Waals surface area contributed by atoms with Gasteiger partial charge in [-0.1, -0.05) is 76.9 Å². The highest BCUT2D eigenvalue weighted by Crippen LogP contribution is 2.41. The van der Waals surface area contributed by atoms with Crippen LogP contribution in [0.2, 0.25) is 0 Å². The van der Waals surface area contributed by atoms with Gasteiger partial charge in [-0.3, -0.25) is 0 Å². The zero-order valence-electron chi connectivity index (χ0n) is 13.8. The number of phenolic OH excluding ortho intramolecular Hbond substituents is 1. The molecule has 0 fully saturated rings. The number of phenols is 1. The molecule has 1 unspecified atom stereocenters. The molecule has 0 radical (unpaired) electrons. The molecule has 21 heavy (non-hydrogen) atoms. The number of hydrogen-bond acceptors (Lipinski definition) is 1. The van der Waals surface area contributed by atoms with Gasteiger partial charge in [-0.25, -0.2) is 0 Å². The number of hydrogen-bond donors (Lipinski definition) is 1. The third-order valence-corrected chi connectivity index (χ3v) is 4.84. The molecular weight excluding hydrogens is 256 g/mol. The molecule has 0 aromatic heterocycles. The van der Waals surface area contributed by atoms with E-state index in [1.54, 1.807) is 0 Å². The predicted octanol–water partition coefficient (Wildman–Crippen LogP) is 6.04. The van der Waals surface area contributed by atoms with E-state index in [1.165, 1.54) is 12.8 Å². The lowest BCUT2D eigenvalue weighted by Crippen LogP contribution is -2.21. The van der Waals surface area contributed by atoms with Crippen LogP contribution in [0.25, 0.3) is 10.8 Å². The molecule has 0 heterocycles. The fourth-order valence-corrected chi connectivity index (χ4v) is 3.14. The first kappa shape index (κ1) is 15.9. The van der Waals surface area contributed by atoms with E-state index in [9.17, 15) is 5.11 Å². The summed E-state index contributed by atoms with van der Waals surface area (Å²) in [6.45, 7) is 9.06. The maximum absolute atomic E-state index is 10.7. The number of benzene rings is 2. The van der Waals surface area contributed by atoms with Crippen molar-refractivity contribution in [3.05, 3.63) is 42.0 Å². The summed E-state index contributed by atoms with van der Waals surface area (Å²) in [7, 11) is 0. The van der Waals surface area contributed by atoms with Crippen molar-refractivity contribution in [1.29, 1.82) is 0 Å². The lowest BCUT2D eigenvalue weighted by atomic mass is 9.74. The monoisotopic (exact) mass is 284 g/mol. The Balaban J connectivity index is 2.35. The van der Waals surface area contributed by atoms with Gasteiger partial charge in [0.2, 0.25) is 0 Å². The highest BCUT2D eigenvalue weighted by atomic mass is 16.3. The largest absolute Gasteiger partial charge is 0.507 e. The van der Waals surface area contributed by atoms with Crippen molar-refractivity contribution in [1.82, 2.24) is 0 Å². The number of fused-ring (bicyclic) bond motifs is 1. The minimum atomic E-state index is 0.0585. The third-order valence-electron chi connectivity index (χ3n) is 4.84. The van der Waals surface area contributed by atoms with Crippen LogP contribution in [0.15, 0.2) is 36.4 Å². The van der Waals surface area contributed by atoms with E-state index in [0.29, 0.717) is 5.75 Å². The zero-order chi connectivity index (χ0) is 15.5. The van der Waals surface area contributed by atoms with Crippen LogP contribution >= 0.6 is 0 Å². The van der Waals surface area contributed by atoms with Gasteiger partial charge in [0.15, 0.2) is 0 Å². The van der Waals surface area contributed by atoms with Crippen LogP contribution in [0.3, 0.4) is 0 Å². The number of aromatic hydroxyl groups is 1. The minimum absolute atomic E-state index is 0.0585. The molecule has 0 aliphatic carbocycles. The Labute approximate surface area is 129 Å². The van der Waals surface area contributed by atoms with E-state index in [0.717, 1.165) is 35.1 Å². The molecule has 0 aliphatic heterocycles. The van der Waals surface area contributed by atoms with E-state index < -0.39 is 0 Å². The molecule has 0 bridgehead atoms. The van der Waals surface area contributed by atoms with Gasteiger partial charge < -0.3 is 5.11 Å². The van der Waals surface area contributed by atoms with Crippen molar-refractivity contribution in [2.75, 3.05) is 0 Å². The van der Waals surface area contributed by atoms with Crippen LogP contribution in [0.5, 0.6) is 5.75 Å². The lowest BCUT2D eigenvalue weighted by molar-refractivity contribution is 0.364. The molecule has 0 saturated heterocycles. The molecule has 2 rings (SSSR count). The molecule has 1 atom stereocenters. The summed E-state index contributed by atoms with van der Waals surface area (Å²) in [4.78, 5) is 0. The lowest BCUT2D eigenvalue weighted by Gasteiger charge is -2.30. The molecular formula is C20H28O. The molecule has 0 saturated carbocycles. The van der Waals surface area contributed by atoms with E-state index in [1.807, 2.05) is 18.2 Å². The van der Waals surface area contributed by atoms with Crippen molar-refractivity contribution < 1.29 is 5.11 Å². The Hall–Kier alpha value is -1.50. The van der Waals surface area contributed by atoms with Crippen molar-refractivity contribution in [2.45, 2.75) is 58.8 Å². The van der Waals surface area contributed by atoms with Crippen LogP contribution in [0.4, 0.5) is 0 Å². The van der Waals surface area contributed by atoms with Crippen LogP contribution < -0.4 is 0 Å². The molecule has 0 spiro atoms. The summed E-state index contributed by atoms with van der Waals surface area (Å²) >= 11 is 0. The van der Waals surface area contributed by atoms with Crippen LogP contribution in [-0.2, 0) is 5.41 Å². The highest BCUT2D eigenvalue weighted by molar-refractivity contribution is 5.89. The first-order valence-corrected chi connectivity index (χ1v) is 8.19. The van der Waals surface area contributed by atoms with Gasteiger partial charge in [-0.15, -0.1) is 0 Å². The maximum Gasteiger partial charge on any atom is 0.127 e. The van der Waals surface area contributed by atoms with Crippen molar-refractivity contribution in [2.24, 2.45) is 5.92 Å².